The van der Waals surface area contributed by atoms with E-state index in [1.54, 1.807) is 57.2 Å². The van der Waals surface area contributed by atoms with Crippen LogP contribution in [0.25, 0.3) is 0 Å². The van der Waals surface area contributed by atoms with Gasteiger partial charge >= 0.3 is 6.09 Å². The molecule has 1 aliphatic rings. The lowest BCUT2D eigenvalue weighted by Crippen LogP contribution is -2.34. The minimum absolute atomic E-state index is 0.135. The average molecular weight is 566 g/mol. The van der Waals surface area contributed by atoms with E-state index in [0.29, 0.717) is 51.6 Å². The van der Waals surface area contributed by atoms with Crippen LogP contribution in [0.15, 0.2) is 36.4 Å². The fraction of sp³-hybridized carbons (Fsp3) is 0.444. The summed E-state index contributed by atoms with van der Waals surface area (Å²) in [7, 11) is 0. The van der Waals surface area contributed by atoms with Gasteiger partial charge in [0, 0.05) is 24.2 Å². The Bertz CT molecular complexity index is 1150. The number of alkyl carbamates (subject to hydrolysis) is 1. The number of nitrogens with one attached hydrogen (secondary N) is 3. The Morgan fingerprint density at radius 2 is 1.71 bits per heavy atom. The van der Waals surface area contributed by atoms with Crippen molar-refractivity contribution in [2.24, 2.45) is 5.92 Å². The molecule has 0 radical (unpaired) electrons. The molecule has 2 aromatic rings. The van der Waals surface area contributed by atoms with Crippen LogP contribution in [-0.2, 0) is 14.3 Å². The van der Waals surface area contributed by atoms with Crippen molar-refractivity contribution in [2.45, 2.75) is 45.6 Å². The zero-order valence-electron chi connectivity index (χ0n) is 21.7. The van der Waals surface area contributed by atoms with Crippen LogP contribution in [0, 0.1) is 5.92 Å². The maximum Gasteiger partial charge on any atom is 0.407 e. The first-order chi connectivity index (χ1) is 18.0. The molecule has 1 aliphatic carbocycles. The Labute approximate surface area is 232 Å². The monoisotopic (exact) mass is 565 g/mol. The molecule has 206 valence electrons. The second-order valence-corrected chi connectivity index (χ2v) is 10.7. The molecule has 3 N–H and O–H groups in total. The molecule has 9 nitrogen and oxygen atoms in total. The Hall–Kier alpha value is -3.01. The molecule has 0 heterocycles. The van der Waals surface area contributed by atoms with Gasteiger partial charge in [-0.05, 0) is 75.9 Å². The second kappa shape index (κ2) is 13.7. The van der Waals surface area contributed by atoms with E-state index in [2.05, 4.69) is 16.0 Å². The van der Waals surface area contributed by atoms with Gasteiger partial charge in [-0.3, -0.25) is 9.59 Å². The van der Waals surface area contributed by atoms with Crippen molar-refractivity contribution in [1.82, 2.24) is 5.32 Å². The molecule has 0 aromatic heterocycles. The van der Waals surface area contributed by atoms with E-state index < -0.39 is 11.7 Å². The molecule has 0 aliphatic heterocycles. The molecule has 0 spiro atoms. The fourth-order valence-corrected chi connectivity index (χ4v) is 3.61. The summed E-state index contributed by atoms with van der Waals surface area (Å²) in [5, 5.41) is 8.95. The molecule has 3 rings (SSSR count). The number of rotatable bonds is 12. The van der Waals surface area contributed by atoms with E-state index in [-0.39, 0.29) is 31.6 Å². The third-order valence-corrected chi connectivity index (χ3v) is 6.00. The molecule has 1 saturated carbocycles. The number of benzene rings is 2. The molecule has 38 heavy (non-hydrogen) atoms. The van der Waals surface area contributed by atoms with E-state index in [1.807, 2.05) is 0 Å². The van der Waals surface area contributed by atoms with Crippen LogP contribution in [0.2, 0.25) is 10.0 Å². The number of carbonyl (C=O) groups is 3. The van der Waals surface area contributed by atoms with Crippen LogP contribution in [0.1, 0.15) is 50.4 Å². The second-order valence-electron chi connectivity index (χ2n) is 9.88. The van der Waals surface area contributed by atoms with Gasteiger partial charge in [-0.1, -0.05) is 23.2 Å². The van der Waals surface area contributed by atoms with Crippen LogP contribution in [0.3, 0.4) is 0 Å². The number of ether oxygens (including phenoxy) is 3. The summed E-state index contributed by atoms with van der Waals surface area (Å²) in [5.74, 6) is 0.302. The lowest BCUT2D eigenvalue weighted by Gasteiger charge is -2.19. The third-order valence-electron chi connectivity index (χ3n) is 5.26. The minimum atomic E-state index is -0.565. The van der Waals surface area contributed by atoms with Gasteiger partial charge in [0.2, 0.25) is 5.91 Å². The fourth-order valence-electron chi connectivity index (χ4n) is 3.31. The van der Waals surface area contributed by atoms with Crippen LogP contribution in [0.4, 0.5) is 16.2 Å². The maximum absolute atomic E-state index is 12.8. The number of carbonyl (C=O) groups excluding carboxylic acids is 3. The number of halogens is 2. The van der Waals surface area contributed by atoms with Gasteiger partial charge in [0.1, 0.15) is 18.0 Å². The Kier molecular flexibility index (Phi) is 10.6. The topological polar surface area (TPSA) is 115 Å². The molecule has 3 amide bonds. The predicted octanol–water partition coefficient (Wildman–Crippen LogP) is 5.90. The van der Waals surface area contributed by atoms with Gasteiger partial charge in [0.25, 0.3) is 5.91 Å². The van der Waals surface area contributed by atoms with E-state index in [4.69, 9.17) is 37.4 Å². The predicted molar refractivity (Wildman–Crippen MR) is 147 cm³/mol. The van der Waals surface area contributed by atoms with E-state index in [9.17, 15) is 14.4 Å². The molecular formula is C27H33Cl2N3O6. The van der Waals surface area contributed by atoms with Crippen molar-refractivity contribution < 1.29 is 28.6 Å². The van der Waals surface area contributed by atoms with Gasteiger partial charge in [-0.15, -0.1) is 0 Å². The largest absolute Gasteiger partial charge is 0.489 e. The number of amides is 3. The first-order valence-electron chi connectivity index (χ1n) is 12.4. The summed E-state index contributed by atoms with van der Waals surface area (Å²) in [4.78, 5) is 37.0. The molecule has 0 bridgehead atoms. The Balaban J connectivity index is 1.54. The molecule has 1 fully saturated rings. The third kappa shape index (κ3) is 10.4. The number of hydrogen-bond acceptors (Lipinski definition) is 6. The summed E-state index contributed by atoms with van der Waals surface area (Å²) in [6.45, 7) is 6.40. The number of hydrogen-bond donors (Lipinski definition) is 3. The molecule has 11 heteroatoms. The van der Waals surface area contributed by atoms with Crippen LogP contribution < -0.4 is 20.7 Å². The lowest BCUT2D eigenvalue weighted by molar-refractivity contribution is -0.116. The van der Waals surface area contributed by atoms with Gasteiger partial charge in [-0.25, -0.2) is 4.79 Å². The van der Waals surface area contributed by atoms with Crippen molar-refractivity contribution in [1.29, 1.82) is 0 Å². The normalized spacial score (nSPS) is 13.0. The Morgan fingerprint density at radius 1 is 0.947 bits per heavy atom. The van der Waals surface area contributed by atoms with Crippen molar-refractivity contribution in [3.63, 3.8) is 0 Å². The van der Waals surface area contributed by atoms with E-state index in [0.717, 1.165) is 12.8 Å². The molecule has 0 atom stereocenters. The summed E-state index contributed by atoms with van der Waals surface area (Å²) >= 11 is 12.0. The summed E-state index contributed by atoms with van der Waals surface area (Å²) in [6.07, 6.45) is 2.01. The SMILES string of the molecule is CC(C)(C)OC(=O)NCCOCCOc1ccc(C(=O)Nc2ccc(Cl)c(Cl)c2)cc1NC(=O)CC1CC1. The van der Waals surface area contributed by atoms with Crippen LogP contribution in [0.5, 0.6) is 5.75 Å². The summed E-state index contributed by atoms with van der Waals surface area (Å²) in [6, 6.07) is 9.59. The molecular weight excluding hydrogens is 533 g/mol. The first-order valence-corrected chi connectivity index (χ1v) is 13.1. The average Bonchev–Trinajstić information content (AvgIpc) is 3.64. The lowest BCUT2D eigenvalue weighted by atomic mass is 10.1. The molecule has 2 aromatic carbocycles. The minimum Gasteiger partial charge on any atom is -0.489 e. The first kappa shape index (κ1) is 29.5. The Morgan fingerprint density at radius 3 is 2.39 bits per heavy atom. The molecule has 0 saturated heterocycles. The smallest absolute Gasteiger partial charge is 0.407 e. The highest BCUT2D eigenvalue weighted by atomic mass is 35.5. The quantitative estimate of drug-likeness (QED) is 0.276. The zero-order chi connectivity index (χ0) is 27.7. The number of anilines is 2. The zero-order valence-corrected chi connectivity index (χ0v) is 23.2. The highest BCUT2D eigenvalue weighted by Gasteiger charge is 2.25. The molecule has 0 unspecified atom stereocenters. The van der Waals surface area contributed by atoms with Crippen molar-refractivity contribution in [3.8, 4) is 5.75 Å². The van der Waals surface area contributed by atoms with Crippen LogP contribution in [-0.4, -0.2) is 49.9 Å². The van der Waals surface area contributed by atoms with Gasteiger partial charge in [-0.2, -0.15) is 0 Å². The van der Waals surface area contributed by atoms with Gasteiger partial charge < -0.3 is 30.2 Å². The highest BCUT2D eigenvalue weighted by Crippen LogP contribution is 2.34. The van der Waals surface area contributed by atoms with E-state index in [1.165, 1.54) is 0 Å². The van der Waals surface area contributed by atoms with Crippen molar-refractivity contribution in [2.75, 3.05) is 37.0 Å². The summed E-state index contributed by atoms with van der Waals surface area (Å²) < 4.78 is 16.5. The maximum atomic E-state index is 12.8. The van der Waals surface area contributed by atoms with Crippen molar-refractivity contribution >= 4 is 52.5 Å². The summed E-state index contributed by atoms with van der Waals surface area (Å²) in [5.41, 5.74) is 0.644. The van der Waals surface area contributed by atoms with Gasteiger partial charge in [0.05, 0.1) is 28.9 Å². The highest BCUT2D eigenvalue weighted by molar-refractivity contribution is 6.42. The van der Waals surface area contributed by atoms with E-state index >= 15 is 0 Å². The van der Waals surface area contributed by atoms with Gasteiger partial charge in [0.15, 0.2) is 0 Å². The van der Waals surface area contributed by atoms with Crippen molar-refractivity contribution in [3.05, 3.63) is 52.0 Å². The van der Waals surface area contributed by atoms with Crippen LogP contribution >= 0.6 is 23.2 Å². The standard InChI is InChI=1S/C27H33Cl2N3O6/c1-27(2,3)38-26(35)30-10-11-36-12-13-37-23-9-6-18(15-22(23)32-24(33)14-17-4-5-17)25(34)31-19-7-8-20(28)21(29)16-19/h6-9,15-17H,4-5,10-14H2,1-3H3,(H,30,35)(H,31,34)(H,32,33).